The first kappa shape index (κ1) is 15.3. The van der Waals surface area contributed by atoms with Crippen LogP contribution in [-0.4, -0.2) is 13.2 Å². The Bertz CT molecular complexity index is 366. The van der Waals surface area contributed by atoms with E-state index in [-0.39, 0.29) is 5.41 Å². The molecular formula is C15H24ClNO. The lowest BCUT2D eigenvalue weighted by Crippen LogP contribution is -2.31. The van der Waals surface area contributed by atoms with Gasteiger partial charge in [-0.15, -0.1) is 0 Å². The Kier molecular flexibility index (Phi) is 5.97. The molecule has 0 heterocycles. The molecule has 0 aromatic heterocycles. The Morgan fingerprint density at radius 3 is 2.44 bits per heavy atom. The molecule has 18 heavy (non-hydrogen) atoms. The minimum absolute atomic E-state index is 0.223. The van der Waals surface area contributed by atoms with E-state index in [0.717, 1.165) is 42.1 Å². The van der Waals surface area contributed by atoms with Gasteiger partial charge in [0.2, 0.25) is 0 Å². The van der Waals surface area contributed by atoms with Crippen LogP contribution in [0.1, 0.15) is 38.7 Å². The second-order valence-electron chi connectivity index (χ2n) is 4.92. The third kappa shape index (κ3) is 3.89. The van der Waals surface area contributed by atoms with Gasteiger partial charge in [0.05, 0.1) is 6.61 Å². The van der Waals surface area contributed by atoms with Gasteiger partial charge >= 0.3 is 0 Å². The number of rotatable bonds is 7. The number of ether oxygens (including phenoxy) is 1. The highest BCUT2D eigenvalue weighted by Gasteiger charge is 2.24. The van der Waals surface area contributed by atoms with Gasteiger partial charge in [-0.2, -0.15) is 0 Å². The van der Waals surface area contributed by atoms with Crippen molar-refractivity contribution >= 4 is 11.6 Å². The van der Waals surface area contributed by atoms with Crippen molar-refractivity contribution in [1.29, 1.82) is 0 Å². The van der Waals surface area contributed by atoms with Gasteiger partial charge in [-0.3, -0.25) is 0 Å². The van der Waals surface area contributed by atoms with Crippen LogP contribution < -0.4 is 10.5 Å². The van der Waals surface area contributed by atoms with E-state index in [1.807, 2.05) is 25.1 Å². The van der Waals surface area contributed by atoms with E-state index >= 15 is 0 Å². The first-order chi connectivity index (χ1) is 8.56. The molecule has 0 unspecified atom stereocenters. The second-order valence-corrected chi connectivity index (χ2v) is 5.36. The molecule has 1 aromatic carbocycles. The molecule has 1 rings (SSSR count). The molecule has 0 atom stereocenters. The average molecular weight is 270 g/mol. The molecule has 0 aliphatic rings. The fourth-order valence-corrected chi connectivity index (χ4v) is 2.37. The Labute approximate surface area is 115 Å². The van der Waals surface area contributed by atoms with E-state index in [0.29, 0.717) is 6.61 Å². The number of aryl methyl sites for hydroxylation is 1. The lowest BCUT2D eigenvalue weighted by Gasteiger charge is -2.30. The standard InChI is InChI=1S/C15H24ClNO/c1-4-15(5-2,11-17)8-9-18-14-7-6-13(16)10-12(14)3/h6-7,10H,4-5,8-9,11,17H2,1-3H3. The van der Waals surface area contributed by atoms with Crippen LogP contribution in [0.4, 0.5) is 0 Å². The van der Waals surface area contributed by atoms with Crippen molar-refractivity contribution in [2.75, 3.05) is 13.2 Å². The van der Waals surface area contributed by atoms with Gasteiger partial charge in [0.25, 0.3) is 0 Å². The van der Waals surface area contributed by atoms with Gasteiger partial charge in [0, 0.05) is 5.02 Å². The average Bonchev–Trinajstić information content (AvgIpc) is 2.38. The van der Waals surface area contributed by atoms with Gasteiger partial charge in [-0.25, -0.2) is 0 Å². The topological polar surface area (TPSA) is 35.2 Å². The number of hydrogen-bond donors (Lipinski definition) is 1. The van der Waals surface area contributed by atoms with Crippen molar-refractivity contribution in [2.24, 2.45) is 11.1 Å². The van der Waals surface area contributed by atoms with Crippen molar-refractivity contribution in [3.8, 4) is 5.75 Å². The zero-order chi connectivity index (χ0) is 13.6. The Balaban J connectivity index is 2.55. The van der Waals surface area contributed by atoms with Crippen LogP contribution in [0.3, 0.4) is 0 Å². The van der Waals surface area contributed by atoms with Crippen molar-refractivity contribution in [3.63, 3.8) is 0 Å². The Hall–Kier alpha value is -0.730. The van der Waals surface area contributed by atoms with Gasteiger partial charge < -0.3 is 10.5 Å². The quantitative estimate of drug-likeness (QED) is 0.806. The van der Waals surface area contributed by atoms with Crippen LogP contribution in [0, 0.1) is 12.3 Å². The fourth-order valence-electron chi connectivity index (χ4n) is 2.15. The number of hydrogen-bond acceptors (Lipinski definition) is 2. The zero-order valence-corrected chi connectivity index (χ0v) is 12.4. The normalized spacial score (nSPS) is 11.6. The van der Waals surface area contributed by atoms with E-state index in [1.54, 1.807) is 0 Å². The molecule has 2 N–H and O–H groups in total. The van der Waals surface area contributed by atoms with Crippen LogP contribution in [0.2, 0.25) is 5.02 Å². The maximum Gasteiger partial charge on any atom is 0.122 e. The predicted molar refractivity (Wildman–Crippen MR) is 78.4 cm³/mol. The SMILES string of the molecule is CCC(CC)(CN)CCOc1ccc(Cl)cc1C. The maximum atomic E-state index is 5.92. The monoisotopic (exact) mass is 269 g/mol. The number of nitrogens with two attached hydrogens (primary N) is 1. The molecule has 0 saturated carbocycles. The van der Waals surface area contributed by atoms with Crippen molar-refractivity contribution in [1.82, 2.24) is 0 Å². The second kappa shape index (κ2) is 7.01. The third-order valence-electron chi connectivity index (χ3n) is 3.96. The zero-order valence-electron chi connectivity index (χ0n) is 11.6. The minimum atomic E-state index is 0.223. The van der Waals surface area contributed by atoms with Crippen LogP contribution in [0.15, 0.2) is 18.2 Å². The largest absolute Gasteiger partial charge is 0.493 e. The minimum Gasteiger partial charge on any atom is -0.493 e. The van der Waals surface area contributed by atoms with E-state index in [2.05, 4.69) is 13.8 Å². The van der Waals surface area contributed by atoms with E-state index in [1.165, 1.54) is 0 Å². The van der Waals surface area contributed by atoms with Gasteiger partial charge in [-0.1, -0.05) is 25.4 Å². The molecule has 0 aliphatic heterocycles. The van der Waals surface area contributed by atoms with Gasteiger partial charge in [-0.05, 0) is 61.9 Å². The van der Waals surface area contributed by atoms with Crippen LogP contribution in [-0.2, 0) is 0 Å². The molecule has 3 heteroatoms. The summed E-state index contributed by atoms with van der Waals surface area (Å²) in [5, 5.41) is 0.748. The molecule has 1 aromatic rings. The predicted octanol–water partition coefficient (Wildman–Crippen LogP) is 4.18. The highest BCUT2D eigenvalue weighted by Crippen LogP contribution is 2.30. The molecular weight excluding hydrogens is 246 g/mol. The molecule has 0 fully saturated rings. The van der Waals surface area contributed by atoms with E-state index in [9.17, 15) is 0 Å². The maximum absolute atomic E-state index is 5.92. The molecule has 0 spiro atoms. The van der Waals surface area contributed by atoms with E-state index < -0.39 is 0 Å². The Morgan fingerprint density at radius 2 is 1.94 bits per heavy atom. The Morgan fingerprint density at radius 1 is 1.28 bits per heavy atom. The molecule has 0 radical (unpaired) electrons. The van der Waals surface area contributed by atoms with Crippen molar-refractivity contribution in [2.45, 2.75) is 40.0 Å². The summed E-state index contributed by atoms with van der Waals surface area (Å²) in [4.78, 5) is 0. The molecule has 2 nitrogen and oxygen atoms in total. The summed E-state index contributed by atoms with van der Waals surface area (Å²) < 4.78 is 5.84. The highest BCUT2D eigenvalue weighted by atomic mass is 35.5. The lowest BCUT2D eigenvalue weighted by atomic mass is 9.80. The highest BCUT2D eigenvalue weighted by molar-refractivity contribution is 6.30. The lowest BCUT2D eigenvalue weighted by molar-refractivity contribution is 0.186. The van der Waals surface area contributed by atoms with Crippen molar-refractivity contribution < 1.29 is 4.74 Å². The summed E-state index contributed by atoms with van der Waals surface area (Å²) in [7, 11) is 0. The fraction of sp³-hybridized carbons (Fsp3) is 0.600. The summed E-state index contributed by atoms with van der Waals surface area (Å²) >= 11 is 5.92. The van der Waals surface area contributed by atoms with Crippen LogP contribution in [0.5, 0.6) is 5.75 Å². The number of benzene rings is 1. The number of halogens is 1. The smallest absolute Gasteiger partial charge is 0.122 e. The summed E-state index contributed by atoms with van der Waals surface area (Å²) in [5.74, 6) is 0.914. The molecule has 0 aliphatic carbocycles. The molecule has 0 amide bonds. The third-order valence-corrected chi connectivity index (χ3v) is 4.20. The first-order valence-electron chi connectivity index (χ1n) is 6.66. The van der Waals surface area contributed by atoms with Gasteiger partial charge in [0.15, 0.2) is 0 Å². The summed E-state index contributed by atoms with van der Waals surface area (Å²) in [5.41, 5.74) is 7.19. The molecule has 0 bridgehead atoms. The van der Waals surface area contributed by atoms with Crippen LogP contribution >= 0.6 is 11.6 Å². The molecule has 102 valence electrons. The van der Waals surface area contributed by atoms with E-state index in [4.69, 9.17) is 22.1 Å². The summed E-state index contributed by atoms with van der Waals surface area (Å²) in [6, 6.07) is 5.71. The summed E-state index contributed by atoms with van der Waals surface area (Å²) in [6.45, 7) is 7.84. The first-order valence-corrected chi connectivity index (χ1v) is 7.03. The molecule has 0 saturated heterocycles. The van der Waals surface area contributed by atoms with Crippen molar-refractivity contribution in [3.05, 3.63) is 28.8 Å². The van der Waals surface area contributed by atoms with Crippen LogP contribution in [0.25, 0.3) is 0 Å². The summed E-state index contributed by atoms with van der Waals surface area (Å²) in [6.07, 6.45) is 3.20. The van der Waals surface area contributed by atoms with Gasteiger partial charge in [0.1, 0.15) is 5.75 Å².